The average molecular weight is 208 g/mol. The fraction of sp³-hybridized carbons (Fsp3) is 0.615. The average Bonchev–Trinajstić information content (AvgIpc) is 2.17. The van der Waals surface area contributed by atoms with E-state index in [9.17, 15) is 4.79 Å². The fourth-order valence-electron chi connectivity index (χ4n) is 1.11. The minimum absolute atomic E-state index is 0.243. The van der Waals surface area contributed by atoms with Gasteiger partial charge in [0.15, 0.2) is 5.60 Å². The minimum atomic E-state index is -0.765. The Hall–Kier alpha value is -1.23. The molecule has 0 amide bonds. The van der Waals surface area contributed by atoms with Gasteiger partial charge in [0.2, 0.25) is 0 Å². The summed E-state index contributed by atoms with van der Waals surface area (Å²) >= 11 is 0. The molecule has 0 fully saturated rings. The highest BCUT2D eigenvalue weighted by atomic mass is 16.6. The summed E-state index contributed by atoms with van der Waals surface area (Å²) in [5, 5.41) is 0. The molecule has 1 atom stereocenters. The Morgan fingerprint density at radius 2 is 2.13 bits per heavy atom. The molecule has 0 saturated heterocycles. The first-order chi connectivity index (χ1) is 6.93. The zero-order chi connectivity index (χ0) is 11.9. The van der Waals surface area contributed by atoms with Crippen LogP contribution in [0.5, 0.6) is 0 Å². The van der Waals surface area contributed by atoms with Crippen molar-refractivity contribution in [2.24, 2.45) is 0 Å². The molecule has 1 unspecified atom stereocenters. The van der Waals surface area contributed by atoms with Crippen molar-refractivity contribution >= 4 is 5.97 Å². The molecule has 0 aliphatic rings. The molecule has 2 heteroatoms. The lowest BCUT2D eigenvalue weighted by Gasteiger charge is -2.23. The second kappa shape index (κ2) is 6.29. The number of carbonyl (C=O) groups excluding carboxylic acids is 1. The van der Waals surface area contributed by atoms with Crippen molar-refractivity contribution in [1.82, 2.24) is 0 Å². The Morgan fingerprint density at radius 3 is 2.53 bits per heavy atom. The van der Waals surface area contributed by atoms with Gasteiger partial charge in [0.25, 0.3) is 0 Å². The number of esters is 1. The Balaban J connectivity index is 4.27. The first kappa shape index (κ1) is 13.8. The molecule has 0 aromatic rings. The molecule has 0 heterocycles. The molecular formula is C13H20O2. The first-order valence-corrected chi connectivity index (χ1v) is 5.26. The van der Waals surface area contributed by atoms with Gasteiger partial charge >= 0.3 is 5.97 Å². The maximum atomic E-state index is 11.2. The maximum absolute atomic E-state index is 11.2. The lowest BCUT2D eigenvalue weighted by Crippen LogP contribution is -2.29. The predicted molar refractivity (Wildman–Crippen MR) is 62.3 cm³/mol. The van der Waals surface area contributed by atoms with Gasteiger partial charge in [-0.25, -0.2) is 0 Å². The van der Waals surface area contributed by atoms with Gasteiger partial charge in [-0.05, 0) is 27.2 Å². The molecule has 0 N–H and O–H groups in total. The third kappa shape index (κ3) is 5.96. The number of rotatable bonds is 5. The highest BCUT2D eigenvalue weighted by Gasteiger charge is 2.24. The first-order valence-electron chi connectivity index (χ1n) is 5.26. The van der Waals surface area contributed by atoms with Crippen molar-refractivity contribution < 1.29 is 9.53 Å². The van der Waals surface area contributed by atoms with E-state index in [0.29, 0.717) is 12.8 Å². The van der Waals surface area contributed by atoms with Crippen molar-refractivity contribution in [2.45, 2.75) is 52.6 Å². The summed E-state index contributed by atoms with van der Waals surface area (Å²) in [4.78, 5) is 11.2. The normalized spacial score (nSPS) is 13.5. The summed E-state index contributed by atoms with van der Waals surface area (Å²) in [6.07, 6.45) is 9.33. The van der Waals surface area contributed by atoms with Crippen molar-refractivity contribution in [3.63, 3.8) is 0 Å². The molecule has 0 aromatic heterocycles. The van der Waals surface area contributed by atoms with E-state index < -0.39 is 5.60 Å². The molecule has 0 aromatic carbocycles. The Bertz CT molecular complexity index is 279. The van der Waals surface area contributed by atoms with Crippen molar-refractivity contribution in [1.29, 1.82) is 0 Å². The topological polar surface area (TPSA) is 26.3 Å². The van der Waals surface area contributed by atoms with Gasteiger partial charge in [0.05, 0.1) is 0 Å². The van der Waals surface area contributed by atoms with Gasteiger partial charge in [-0.15, -0.1) is 6.42 Å². The third-order valence-corrected chi connectivity index (χ3v) is 2.11. The van der Waals surface area contributed by atoms with Gasteiger partial charge in [-0.1, -0.05) is 24.5 Å². The van der Waals surface area contributed by atoms with E-state index in [2.05, 4.69) is 12.0 Å². The molecule has 0 bridgehead atoms. The molecular weight excluding hydrogens is 188 g/mol. The van der Waals surface area contributed by atoms with E-state index >= 15 is 0 Å². The van der Waals surface area contributed by atoms with Crippen molar-refractivity contribution in [3.8, 4) is 12.3 Å². The van der Waals surface area contributed by atoms with Crippen LogP contribution in [0.15, 0.2) is 11.6 Å². The summed E-state index contributed by atoms with van der Waals surface area (Å²) in [5.74, 6) is 2.30. The van der Waals surface area contributed by atoms with E-state index in [1.54, 1.807) is 13.8 Å². The van der Waals surface area contributed by atoms with Crippen molar-refractivity contribution in [2.75, 3.05) is 0 Å². The van der Waals surface area contributed by atoms with Gasteiger partial charge < -0.3 is 4.74 Å². The maximum Gasteiger partial charge on any atom is 0.307 e. The zero-order valence-electron chi connectivity index (χ0n) is 10.1. The van der Waals surface area contributed by atoms with Gasteiger partial charge in [-0.3, -0.25) is 4.79 Å². The number of hydrogen-bond donors (Lipinski definition) is 0. The summed E-state index contributed by atoms with van der Waals surface area (Å²) in [5.41, 5.74) is 0.482. The number of allylic oxidation sites excluding steroid dienone is 2. The van der Waals surface area contributed by atoms with Crippen LogP contribution in [0.3, 0.4) is 0 Å². The van der Waals surface area contributed by atoms with E-state index in [0.717, 1.165) is 6.42 Å². The van der Waals surface area contributed by atoms with Crippen LogP contribution in [-0.4, -0.2) is 11.6 Å². The van der Waals surface area contributed by atoms with E-state index in [1.807, 2.05) is 13.8 Å². The van der Waals surface area contributed by atoms with E-state index in [4.69, 9.17) is 11.2 Å². The standard InChI is InChI=1S/C13H20O2/c1-6-12(14)15-13(5,7-2)10-8-9-11(3)4/h2,9H,6,8,10H2,1,3-5H3. The van der Waals surface area contributed by atoms with Crippen LogP contribution in [0.25, 0.3) is 0 Å². The SMILES string of the molecule is C#CC(C)(CCC=C(C)C)OC(=O)CC. The van der Waals surface area contributed by atoms with Crippen LogP contribution in [0.2, 0.25) is 0 Å². The number of terminal acetylenes is 1. The van der Waals surface area contributed by atoms with E-state index in [1.165, 1.54) is 5.57 Å². The molecule has 0 rings (SSSR count). The third-order valence-electron chi connectivity index (χ3n) is 2.11. The highest BCUT2D eigenvalue weighted by Crippen LogP contribution is 2.18. The molecule has 0 spiro atoms. The van der Waals surface area contributed by atoms with Crippen LogP contribution in [0, 0.1) is 12.3 Å². The van der Waals surface area contributed by atoms with E-state index in [-0.39, 0.29) is 5.97 Å². The van der Waals surface area contributed by atoms with Crippen LogP contribution in [-0.2, 0) is 9.53 Å². The summed E-state index contributed by atoms with van der Waals surface area (Å²) in [6.45, 7) is 7.60. The molecule has 0 radical (unpaired) electrons. The fourth-order valence-corrected chi connectivity index (χ4v) is 1.11. The lowest BCUT2D eigenvalue weighted by molar-refractivity contribution is -0.153. The second-order valence-corrected chi connectivity index (χ2v) is 4.02. The van der Waals surface area contributed by atoms with Gasteiger partial charge in [-0.2, -0.15) is 0 Å². The largest absolute Gasteiger partial charge is 0.446 e. The molecule has 0 saturated carbocycles. The second-order valence-electron chi connectivity index (χ2n) is 4.02. The van der Waals surface area contributed by atoms with Crippen molar-refractivity contribution in [3.05, 3.63) is 11.6 Å². The molecule has 0 aliphatic heterocycles. The smallest absolute Gasteiger partial charge is 0.307 e. The van der Waals surface area contributed by atoms with Crippen LogP contribution < -0.4 is 0 Å². The van der Waals surface area contributed by atoms with Crippen LogP contribution >= 0.6 is 0 Å². The molecule has 84 valence electrons. The summed E-state index contributed by atoms with van der Waals surface area (Å²) < 4.78 is 5.21. The number of ether oxygens (including phenoxy) is 1. The molecule has 2 nitrogen and oxygen atoms in total. The quantitative estimate of drug-likeness (QED) is 0.394. The minimum Gasteiger partial charge on any atom is -0.446 e. The number of hydrogen-bond acceptors (Lipinski definition) is 2. The Labute approximate surface area is 92.7 Å². The Kier molecular flexibility index (Phi) is 5.77. The lowest BCUT2D eigenvalue weighted by atomic mass is 10.00. The highest BCUT2D eigenvalue weighted by molar-refractivity contribution is 5.69. The van der Waals surface area contributed by atoms with Crippen LogP contribution in [0.1, 0.15) is 47.0 Å². The van der Waals surface area contributed by atoms with Gasteiger partial charge in [0, 0.05) is 12.8 Å². The van der Waals surface area contributed by atoms with Gasteiger partial charge in [0.1, 0.15) is 0 Å². The molecule has 0 aliphatic carbocycles. The summed E-state index contributed by atoms with van der Waals surface area (Å²) in [6, 6.07) is 0. The summed E-state index contributed by atoms with van der Waals surface area (Å²) in [7, 11) is 0. The predicted octanol–water partition coefficient (Wildman–Crippen LogP) is 3.08. The Morgan fingerprint density at radius 1 is 1.53 bits per heavy atom. The molecule has 15 heavy (non-hydrogen) atoms. The zero-order valence-corrected chi connectivity index (χ0v) is 10.1. The van der Waals surface area contributed by atoms with Crippen LogP contribution in [0.4, 0.5) is 0 Å². The number of carbonyl (C=O) groups is 1. The monoisotopic (exact) mass is 208 g/mol.